The Hall–Kier alpha value is -2.82. The fourth-order valence-electron chi connectivity index (χ4n) is 3.16. The summed E-state index contributed by atoms with van der Waals surface area (Å²) in [6, 6.07) is 16.8. The molecule has 1 amide bonds. The Kier molecular flexibility index (Phi) is 5.89. The third-order valence-corrected chi connectivity index (χ3v) is 4.51. The minimum Gasteiger partial charge on any atom is -0.490 e. The van der Waals surface area contributed by atoms with Gasteiger partial charge in [0.2, 0.25) is 5.91 Å². The lowest BCUT2D eigenvalue weighted by Gasteiger charge is -2.17. The van der Waals surface area contributed by atoms with Gasteiger partial charge in [-0.2, -0.15) is 0 Å². The van der Waals surface area contributed by atoms with Crippen molar-refractivity contribution in [2.45, 2.75) is 37.8 Å². The van der Waals surface area contributed by atoms with Crippen LogP contribution in [0.5, 0.6) is 5.75 Å². The third-order valence-electron chi connectivity index (χ3n) is 4.51. The number of esters is 1. The van der Waals surface area contributed by atoms with E-state index < -0.39 is 12.0 Å². The number of hydrogen-bond donors (Lipinski definition) is 1. The quantitative estimate of drug-likeness (QED) is 0.778. The normalized spacial score (nSPS) is 16.3. The average molecular weight is 353 g/mol. The van der Waals surface area contributed by atoms with Gasteiger partial charge in [0.05, 0.1) is 7.11 Å². The molecule has 0 fully saturated rings. The van der Waals surface area contributed by atoms with Gasteiger partial charge in [0.25, 0.3) is 0 Å². The van der Waals surface area contributed by atoms with Gasteiger partial charge in [0.15, 0.2) is 0 Å². The summed E-state index contributed by atoms with van der Waals surface area (Å²) in [5, 5.41) is 2.79. The van der Waals surface area contributed by atoms with Crippen LogP contribution in [0.1, 0.15) is 24.0 Å². The van der Waals surface area contributed by atoms with Gasteiger partial charge in [-0.1, -0.05) is 48.5 Å². The van der Waals surface area contributed by atoms with Crippen LogP contribution in [0.2, 0.25) is 0 Å². The second kappa shape index (κ2) is 8.52. The van der Waals surface area contributed by atoms with E-state index in [1.807, 2.05) is 54.6 Å². The van der Waals surface area contributed by atoms with E-state index in [9.17, 15) is 9.59 Å². The molecule has 1 N–H and O–H groups in total. The molecule has 0 saturated heterocycles. The largest absolute Gasteiger partial charge is 0.490 e. The Morgan fingerprint density at radius 2 is 1.88 bits per heavy atom. The zero-order valence-corrected chi connectivity index (χ0v) is 14.8. The van der Waals surface area contributed by atoms with E-state index in [0.717, 1.165) is 17.7 Å². The summed E-state index contributed by atoms with van der Waals surface area (Å²) in [7, 11) is 1.33. The molecule has 0 aromatic heterocycles. The molecule has 2 atom stereocenters. The highest BCUT2D eigenvalue weighted by Gasteiger charge is 2.25. The maximum absolute atomic E-state index is 12.3. The second-order valence-electron chi connectivity index (χ2n) is 6.42. The van der Waals surface area contributed by atoms with Crippen LogP contribution in [-0.2, 0) is 27.2 Å². The lowest BCUT2D eigenvalue weighted by atomic mass is 10.0. The van der Waals surface area contributed by atoms with Crippen LogP contribution in [0.3, 0.4) is 0 Å². The number of fused-ring (bicyclic) bond motifs is 1. The fraction of sp³-hybridized carbons (Fsp3) is 0.333. The SMILES string of the molecule is COC(=O)C(Cc1ccccc1)NC(=O)CC[C@H]1Cc2ccccc2O1. The standard InChI is InChI=1S/C21H23NO4/c1-25-21(24)18(13-15-7-3-2-4-8-15)22-20(23)12-11-17-14-16-9-5-6-10-19(16)26-17/h2-10,17-18H,11-14H2,1H3,(H,22,23)/t17-,18?/m0/s1. The molecule has 1 aliphatic rings. The van der Waals surface area contributed by atoms with Crippen LogP contribution in [-0.4, -0.2) is 31.1 Å². The Bertz CT molecular complexity index is 735. The lowest BCUT2D eigenvalue weighted by molar-refractivity contribution is -0.145. The van der Waals surface area contributed by atoms with E-state index in [1.165, 1.54) is 12.7 Å². The molecule has 3 rings (SSSR count). The molecule has 136 valence electrons. The van der Waals surface area contributed by atoms with Gasteiger partial charge in [-0.3, -0.25) is 4.79 Å². The summed E-state index contributed by atoms with van der Waals surface area (Å²) >= 11 is 0. The van der Waals surface area contributed by atoms with Crippen molar-refractivity contribution in [3.63, 3.8) is 0 Å². The number of benzene rings is 2. The number of ether oxygens (including phenoxy) is 2. The molecule has 0 spiro atoms. The molecule has 1 aliphatic heterocycles. The van der Waals surface area contributed by atoms with E-state index in [4.69, 9.17) is 9.47 Å². The van der Waals surface area contributed by atoms with Gasteiger partial charge < -0.3 is 14.8 Å². The fourth-order valence-corrected chi connectivity index (χ4v) is 3.16. The molecule has 0 radical (unpaired) electrons. The van der Waals surface area contributed by atoms with Crippen molar-refractivity contribution in [1.82, 2.24) is 5.32 Å². The van der Waals surface area contributed by atoms with E-state index >= 15 is 0 Å². The average Bonchev–Trinajstić information content (AvgIpc) is 3.09. The maximum Gasteiger partial charge on any atom is 0.328 e. The van der Waals surface area contributed by atoms with Crippen LogP contribution in [0.15, 0.2) is 54.6 Å². The number of nitrogens with one attached hydrogen (secondary N) is 1. The molecule has 1 unspecified atom stereocenters. The predicted molar refractivity (Wildman–Crippen MR) is 97.9 cm³/mol. The zero-order valence-electron chi connectivity index (χ0n) is 14.8. The van der Waals surface area contributed by atoms with Crippen molar-refractivity contribution >= 4 is 11.9 Å². The number of amides is 1. The summed E-state index contributed by atoms with van der Waals surface area (Å²) in [5.41, 5.74) is 2.15. The summed E-state index contributed by atoms with van der Waals surface area (Å²) in [6.45, 7) is 0. The van der Waals surface area contributed by atoms with Gasteiger partial charge in [0, 0.05) is 19.3 Å². The highest BCUT2D eigenvalue weighted by molar-refractivity contribution is 5.84. The van der Waals surface area contributed by atoms with Crippen molar-refractivity contribution in [3.05, 3.63) is 65.7 Å². The number of carbonyl (C=O) groups is 2. The van der Waals surface area contributed by atoms with Crippen LogP contribution in [0.25, 0.3) is 0 Å². The predicted octanol–water partition coefficient (Wildman–Crippen LogP) is 2.67. The first-order chi connectivity index (χ1) is 12.7. The first-order valence-corrected chi connectivity index (χ1v) is 8.81. The number of carbonyl (C=O) groups excluding carboxylic acids is 2. The third kappa shape index (κ3) is 4.63. The number of hydrogen-bond acceptors (Lipinski definition) is 4. The molecule has 0 saturated carbocycles. The number of para-hydroxylation sites is 1. The highest BCUT2D eigenvalue weighted by atomic mass is 16.5. The van der Waals surface area contributed by atoms with E-state index in [2.05, 4.69) is 5.32 Å². The summed E-state index contributed by atoms with van der Waals surface area (Å²) in [6.07, 6.45) is 2.14. The first kappa shape index (κ1) is 18.0. The van der Waals surface area contributed by atoms with Gasteiger partial charge in [-0.15, -0.1) is 0 Å². The first-order valence-electron chi connectivity index (χ1n) is 8.81. The van der Waals surface area contributed by atoms with E-state index in [1.54, 1.807) is 0 Å². The monoisotopic (exact) mass is 353 g/mol. The van der Waals surface area contributed by atoms with E-state index in [0.29, 0.717) is 19.3 Å². The molecule has 5 heteroatoms. The summed E-state index contributed by atoms with van der Waals surface area (Å²) in [5.74, 6) is 0.289. The van der Waals surface area contributed by atoms with Crippen LogP contribution in [0.4, 0.5) is 0 Å². The van der Waals surface area contributed by atoms with Gasteiger partial charge in [-0.25, -0.2) is 4.79 Å². The van der Waals surface area contributed by atoms with Crippen LogP contribution in [0, 0.1) is 0 Å². The highest BCUT2D eigenvalue weighted by Crippen LogP contribution is 2.29. The van der Waals surface area contributed by atoms with Crippen molar-refractivity contribution in [2.24, 2.45) is 0 Å². The van der Waals surface area contributed by atoms with E-state index in [-0.39, 0.29) is 12.0 Å². The Morgan fingerprint density at radius 1 is 1.15 bits per heavy atom. The molecular formula is C21H23NO4. The maximum atomic E-state index is 12.3. The molecule has 0 bridgehead atoms. The van der Waals surface area contributed by atoms with Crippen molar-refractivity contribution < 1.29 is 19.1 Å². The molecular weight excluding hydrogens is 330 g/mol. The van der Waals surface area contributed by atoms with Gasteiger partial charge in [0.1, 0.15) is 17.9 Å². The summed E-state index contributed by atoms with van der Waals surface area (Å²) < 4.78 is 10.7. The lowest BCUT2D eigenvalue weighted by Crippen LogP contribution is -2.43. The van der Waals surface area contributed by atoms with Crippen LogP contribution < -0.4 is 10.1 Å². The molecule has 1 heterocycles. The number of methoxy groups -OCH3 is 1. The van der Waals surface area contributed by atoms with Gasteiger partial charge in [-0.05, 0) is 23.6 Å². The smallest absolute Gasteiger partial charge is 0.328 e. The minimum atomic E-state index is -0.684. The van der Waals surface area contributed by atoms with Gasteiger partial charge >= 0.3 is 5.97 Å². The second-order valence-corrected chi connectivity index (χ2v) is 6.42. The molecule has 26 heavy (non-hydrogen) atoms. The number of rotatable bonds is 7. The van der Waals surface area contributed by atoms with Crippen molar-refractivity contribution in [2.75, 3.05) is 7.11 Å². The zero-order chi connectivity index (χ0) is 18.4. The molecule has 0 aliphatic carbocycles. The molecule has 2 aromatic carbocycles. The summed E-state index contributed by atoms with van der Waals surface area (Å²) in [4.78, 5) is 24.3. The Morgan fingerprint density at radius 3 is 2.62 bits per heavy atom. The molecule has 2 aromatic rings. The van der Waals surface area contributed by atoms with Crippen molar-refractivity contribution in [3.8, 4) is 5.75 Å². The topological polar surface area (TPSA) is 64.6 Å². The van der Waals surface area contributed by atoms with Crippen LogP contribution >= 0.6 is 0 Å². The minimum absolute atomic E-state index is 0.00356. The Balaban J connectivity index is 1.51. The Labute approximate surface area is 153 Å². The molecule has 5 nitrogen and oxygen atoms in total. The van der Waals surface area contributed by atoms with Crippen molar-refractivity contribution in [1.29, 1.82) is 0 Å².